The lowest BCUT2D eigenvalue weighted by Gasteiger charge is -1.98. The molecule has 0 unspecified atom stereocenters. The minimum atomic E-state index is -0.164. The zero-order chi connectivity index (χ0) is 7.56. The van der Waals surface area contributed by atoms with Crippen LogP contribution in [0.5, 0.6) is 0 Å². The molecule has 1 aliphatic carbocycles. The van der Waals surface area contributed by atoms with Crippen molar-refractivity contribution in [1.29, 1.82) is 0 Å². The van der Waals surface area contributed by atoms with Gasteiger partial charge in [0.25, 0.3) is 0 Å². The summed E-state index contributed by atoms with van der Waals surface area (Å²) in [6.07, 6.45) is 1.83. The van der Waals surface area contributed by atoms with Crippen LogP contribution in [0.25, 0.3) is 0 Å². The van der Waals surface area contributed by atoms with Crippen molar-refractivity contribution in [3.8, 4) is 0 Å². The van der Waals surface area contributed by atoms with Gasteiger partial charge in [-0.25, -0.2) is 0 Å². The number of carbonyl (C=O) groups is 1. The molecule has 3 heteroatoms. The Labute approximate surface area is 59.8 Å². The van der Waals surface area contributed by atoms with Gasteiger partial charge in [0.1, 0.15) is 0 Å². The molecule has 10 heavy (non-hydrogen) atoms. The number of rotatable bonds is 3. The van der Waals surface area contributed by atoms with Crippen molar-refractivity contribution in [1.82, 2.24) is 0 Å². The lowest BCUT2D eigenvalue weighted by molar-refractivity contribution is -0.144. The third kappa shape index (κ3) is 1.36. The lowest BCUT2D eigenvalue weighted by atomic mass is 10.3. The van der Waals surface area contributed by atoms with Crippen LogP contribution in [0, 0.1) is 5.92 Å². The predicted octanol–water partition coefficient (Wildman–Crippen LogP) is 0.0644. The van der Waals surface area contributed by atoms with Gasteiger partial charge in [0, 0.05) is 6.54 Å². The largest absolute Gasteiger partial charge is 0.465 e. The van der Waals surface area contributed by atoms with Crippen LogP contribution >= 0.6 is 0 Å². The first-order valence-electron chi connectivity index (χ1n) is 3.37. The molecule has 0 spiro atoms. The third-order valence-corrected chi connectivity index (χ3v) is 1.45. The van der Waals surface area contributed by atoms with E-state index in [2.05, 4.69) is 0 Å². The SMILES string of the molecule is CCOC(=O)[C@H]1C=C1CN. The Morgan fingerprint density at radius 3 is 3.00 bits per heavy atom. The fraction of sp³-hybridized carbons (Fsp3) is 0.571. The Morgan fingerprint density at radius 2 is 2.60 bits per heavy atom. The highest BCUT2D eigenvalue weighted by Gasteiger charge is 2.31. The molecule has 0 aromatic heterocycles. The smallest absolute Gasteiger partial charge is 0.317 e. The van der Waals surface area contributed by atoms with Gasteiger partial charge < -0.3 is 10.5 Å². The summed E-state index contributed by atoms with van der Waals surface area (Å²) in [6, 6.07) is 0. The first kappa shape index (κ1) is 7.28. The van der Waals surface area contributed by atoms with Crippen molar-refractivity contribution >= 4 is 5.97 Å². The second-order valence-corrected chi connectivity index (χ2v) is 2.18. The Balaban J connectivity index is 2.22. The van der Waals surface area contributed by atoms with Crippen LogP contribution in [0.15, 0.2) is 11.6 Å². The van der Waals surface area contributed by atoms with Gasteiger partial charge in [-0.2, -0.15) is 0 Å². The molecule has 0 aromatic rings. The zero-order valence-electron chi connectivity index (χ0n) is 5.96. The van der Waals surface area contributed by atoms with E-state index < -0.39 is 0 Å². The van der Waals surface area contributed by atoms with Gasteiger partial charge in [0.15, 0.2) is 0 Å². The maximum atomic E-state index is 10.8. The summed E-state index contributed by atoms with van der Waals surface area (Å²) < 4.78 is 4.75. The Morgan fingerprint density at radius 1 is 1.90 bits per heavy atom. The molecule has 56 valence electrons. The van der Waals surface area contributed by atoms with Crippen molar-refractivity contribution in [2.75, 3.05) is 13.2 Å². The van der Waals surface area contributed by atoms with Crippen LogP contribution in [-0.2, 0) is 9.53 Å². The van der Waals surface area contributed by atoms with E-state index in [0.717, 1.165) is 5.57 Å². The predicted molar refractivity (Wildman–Crippen MR) is 37.3 cm³/mol. The van der Waals surface area contributed by atoms with E-state index in [0.29, 0.717) is 13.2 Å². The Hall–Kier alpha value is -0.830. The molecule has 0 fully saturated rings. The molecule has 0 radical (unpaired) electrons. The minimum Gasteiger partial charge on any atom is -0.465 e. The fourth-order valence-corrected chi connectivity index (χ4v) is 0.812. The summed E-state index contributed by atoms with van der Waals surface area (Å²) in [6.45, 7) is 2.72. The molecule has 0 aromatic carbocycles. The van der Waals surface area contributed by atoms with Crippen LogP contribution in [0.4, 0.5) is 0 Å². The van der Waals surface area contributed by atoms with Gasteiger partial charge in [0.2, 0.25) is 0 Å². The Kier molecular flexibility index (Phi) is 2.06. The number of nitrogens with two attached hydrogens (primary N) is 1. The molecular weight excluding hydrogens is 130 g/mol. The molecule has 2 N–H and O–H groups in total. The highest BCUT2D eigenvalue weighted by molar-refractivity contribution is 5.83. The number of esters is 1. The van der Waals surface area contributed by atoms with Crippen LogP contribution in [0.1, 0.15) is 6.92 Å². The van der Waals surface area contributed by atoms with E-state index in [9.17, 15) is 4.79 Å². The molecule has 0 heterocycles. The summed E-state index contributed by atoms with van der Waals surface area (Å²) in [5, 5.41) is 0. The third-order valence-electron chi connectivity index (χ3n) is 1.45. The first-order chi connectivity index (χ1) is 4.79. The van der Waals surface area contributed by atoms with Crippen LogP contribution in [0.2, 0.25) is 0 Å². The molecule has 3 nitrogen and oxygen atoms in total. The molecule has 1 atom stereocenters. The summed E-state index contributed by atoms with van der Waals surface area (Å²) >= 11 is 0. The first-order valence-corrected chi connectivity index (χ1v) is 3.37. The van der Waals surface area contributed by atoms with E-state index in [1.807, 2.05) is 6.08 Å². The molecule has 0 saturated heterocycles. The van der Waals surface area contributed by atoms with Gasteiger partial charge >= 0.3 is 5.97 Å². The second kappa shape index (κ2) is 2.84. The number of hydrogen-bond acceptors (Lipinski definition) is 3. The van der Waals surface area contributed by atoms with E-state index >= 15 is 0 Å². The quantitative estimate of drug-likeness (QED) is 0.447. The van der Waals surface area contributed by atoms with Crippen LogP contribution < -0.4 is 5.73 Å². The molecule has 1 aliphatic rings. The normalized spacial score (nSPS) is 21.8. The monoisotopic (exact) mass is 141 g/mol. The summed E-state index contributed by atoms with van der Waals surface area (Å²) in [4.78, 5) is 10.8. The summed E-state index contributed by atoms with van der Waals surface area (Å²) in [7, 11) is 0. The molecule has 0 saturated carbocycles. The highest BCUT2D eigenvalue weighted by atomic mass is 16.5. The second-order valence-electron chi connectivity index (χ2n) is 2.18. The van der Waals surface area contributed by atoms with E-state index in [1.165, 1.54) is 0 Å². The molecule has 0 aliphatic heterocycles. The van der Waals surface area contributed by atoms with Crippen LogP contribution in [0.3, 0.4) is 0 Å². The number of hydrogen-bond donors (Lipinski definition) is 1. The standard InChI is InChI=1S/C7H11NO2/c1-2-10-7(9)6-3-5(6)4-8/h3,6H,2,4,8H2,1H3/t6-/m0/s1. The number of ether oxygens (including phenoxy) is 1. The maximum absolute atomic E-state index is 10.8. The Bertz CT molecular complexity index is 174. The highest BCUT2D eigenvalue weighted by Crippen LogP contribution is 2.28. The summed E-state index contributed by atoms with van der Waals surface area (Å²) in [5.74, 6) is -0.257. The van der Waals surface area contributed by atoms with Crippen molar-refractivity contribution < 1.29 is 9.53 Å². The molecular formula is C7H11NO2. The van der Waals surface area contributed by atoms with E-state index in [4.69, 9.17) is 10.5 Å². The molecule has 0 bridgehead atoms. The van der Waals surface area contributed by atoms with Crippen molar-refractivity contribution in [2.24, 2.45) is 11.7 Å². The number of carbonyl (C=O) groups excluding carboxylic acids is 1. The van der Waals surface area contributed by atoms with Gasteiger partial charge in [-0.1, -0.05) is 6.08 Å². The van der Waals surface area contributed by atoms with Gasteiger partial charge in [-0.15, -0.1) is 0 Å². The van der Waals surface area contributed by atoms with E-state index in [1.54, 1.807) is 6.92 Å². The molecule has 1 rings (SSSR count). The topological polar surface area (TPSA) is 52.3 Å². The zero-order valence-corrected chi connectivity index (χ0v) is 5.96. The average Bonchev–Trinajstić information content (AvgIpc) is 2.66. The lowest BCUT2D eigenvalue weighted by Crippen LogP contribution is -2.11. The maximum Gasteiger partial charge on any atom is 0.317 e. The van der Waals surface area contributed by atoms with Crippen molar-refractivity contribution in [3.05, 3.63) is 11.6 Å². The van der Waals surface area contributed by atoms with E-state index in [-0.39, 0.29) is 11.9 Å². The van der Waals surface area contributed by atoms with Gasteiger partial charge in [-0.3, -0.25) is 4.79 Å². The summed E-state index contributed by atoms with van der Waals surface area (Å²) in [5.41, 5.74) is 6.28. The van der Waals surface area contributed by atoms with Gasteiger partial charge in [0.05, 0.1) is 12.5 Å². The minimum absolute atomic E-state index is 0.0926. The van der Waals surface area contributed by atoms with Crippen LogP contribution in [-0.4, -0.2) is 19.1 Å². The van der Waals surface area contributed by atoms with Crippen molar-refractivity contribution in [3.63, 3.8) is 0 Å². The molecule has 0 amide bonds. The van der Waals surface area contributed by atoms with Crippen molar-refractivity contribution in [2.45, 2.75) is 6.92 Å². The van der Waals surface area contributed by atoms with Gasteiger partial charge in [-0.05, 0) is 12.5 Å². The fourth-order valence-electron chi connectivity index (χ4n) is 0.812. The average molecular weight is 141 g/mol.